The number of halogens is 1. The molecule has 0 heterocycles. The number of hydrogen-bond acceptors (Lipinski definition) is 2. The van der Waals surface area contributed by atoms with Crippen LogP contribution in [0.1, 0.15) is 0 Å². The molecular weight excluding hydrogens is 146 g/mol. The van der Waals surface area contributed by atoms with E-state index in [0.29, 0.717) is 13.2 Å². The molecule has 1 rings (SSSR count). The molecule has 2 nitrogen and oxygen atoms in total. The lowest BCUT2D eigenvalue weighted by Crippen LogP contribution is -2.20. The van der Waals surface area contributed by atoms with Gasteiger partial charge >= 0.3 is 7.48 Å². The highest BCUT2D eigenvalue weighted by Gasteiger charge is 2.07. The maximum Gasteiger partial charge on any atom is 0.333 e. The lowest BCUT2D eigenvalue weighted by Gasteiger charge is -2.04. The fraction of sp³-hybridized carbons (Fsp3) is 0.143. The second kappa shape index (κ2) is 3.39. The average Bonchev–Trinajstić information content (AvgIpc) is 2.04. The molecule has 0 atom stereocenters. The van der Waals surface area contributed by atoms with Crippen molar-refractivity contribution in [3.63, 3.8) is 0 Å². The van der Waals surface area contributed by atoms with Gasteiger partial charge in [-0.15, -0.1) is 0 Å². The van der Waals surface area contributed by atoms with E-state index in [1.54, 1.807) is 6.07 Å². The van der Waals surface area contributed by atoms with E-state index in [1.807, 2.05) is 0 Å². The third kappa shape index (κ3) is 1.52. The standard InChI is InChI=1S/C7H7BFO2/c1-11-6-4-2-3-5(9)7(6)8-10/h2-4,10H,1H3. The summed E-state index contributed by atoms with van der Waals surface area (Å²) in [6.45, 7) is 0. The van der Waals surface area contributed by atoms with Crippen LogP contribution in [0.5, 0.6) is 5.75 Å². The van der Waals surface area contributed by atoms with Crippen LogP contribution in [0.2, 0.25) is 0 Å². The van der Waals surface area contributed by atoms with E-state index in [9.17, 15) is 4.39 Å². The molecule has 0 aliphatic heterocycles. The molecule has 1 N–H and O–H groups in total. The first-order valence-corrected chi connectivity index (χ1v) is 3.09. The molecule has 0 saturated heterocycles. The first-order chi connectivity index (χ1) is 5.29. The van der Waals surface area contributed by atoms with Crippen LogP contribution in [-0.4, -0.2) is 19.6 Å². The summed E-state index contributed by atoms with van der Waals surface area (Å²) < 4.78 is 17.6. The van der Waals surface area contributed by atoms with Gasteiger partial charge in [-0.05, 0) is 12.1 Å². The van der Waals surface area contributed by atoms with Gasteiger partial charge in [-0.1, -0.05) is 6.07 Å². The van der Waals surface area contributed by atoms with Crippen molar-refractivity contribution in [1.82, 2.24) is 0 Å². The monoisotopic (exact) mass is 153 g/mol. The number of methoxy groups -OCH3 is 1. The quantitative estimate of drug-likeness (QED) is 0.609. The van der Waals surface area contributed by atoms with Crippen LogP contribution >= 0.6 is 0 Å². The van der Waals surface area contributed by atoms with E-state index in [-0.39, 0.29) is 5.46 Å². The fourth-order valence-electron chi connectivity index (χ4n) is 0.821. The first-order valence-electron chi connectivity index (χ1n) is 3.09. The Labute approximate surface area is 64.9 Å². The first kappa shape index (κ1) is 8.08. The van der Waals surface area contributed by atoms with Gasteiger partial charge in [0.2, 0.25) is 0 Å². The lowest BCUT2D eigenvalue weighted by molar-refractivity contribution is 0.414. The average molecular weight is 153 g/mol. The summed E-state index contributed by atoms with van der Waals surface area (Å²) in [7, 11) is 2.11. The van der Waals surface area contributed by atoms with Crippen molar-refractivity contribution >= 4 is 12.9 Å². The molecule has 0 aromatic heterocycles. The van der Waals surface area contributed by atoms with E-state index >= 15 is 0 Å². The van der Waals surface area contributed by atoms with Gasteiger partial charge in [0.1, 0.15) is 11.6 Å². The van der Waals surface area contributed by atoms with Crippen molar-refractivity contribution in [3.05, 3.63) is 24.0 Å². The second-order valence-electron chi connectivity index (χ2n) is 1.98. The zero-order chi connectivity index (χ0) is 8.27. The molecule has 11 heavy (non-hydrogen) atoms. The molecule has 1 aromatic rings. The highest BCUT2D eigenvalue weighted by molar-refractivity contribution is 6.47. The van der Waals surface area contributed by atoms with Crippen LogP contribution in [0.3, 0.4) is 0 Å². The fourth-order valence-corrected chi connectivity index (χ4v) is 0.821. The Morgan fingerprint density at radius 2 is 2.27 bits per heavy atom. The largest absolute Gasteiger partial charge is 0.497 e. The third-order valence-electron chi connectivity index (χ3n) is 1.36. The number of hydrogen-bond donors (Lipinski definition) is 1. The van der Waals surface area contributed by atoms with Crippen molar-refractivity contribution < 1.29 is 14.2 Å². The minimum atomic E-state index is -0.494. The Bertz CT molecular complexity index is 252. The van der Waals surface area contributed by atoms with Gasteiger partial charge in [-0.25, -0.2) is 4.39 Å². The van der Waals surface area contributed by atoms with E-state index < -0.39 is 5.82 Å². The highest BCUT2D eigenvalue weighted by Crippen LogP contribution is 2.07. The molecule has 0 spiro atoms. The minimum Gasteiger partial charge on any atom is -0.497 e. The predicted molar refractivity (Wildman–Crippen MR) is 40.6 cm³/mol. The Hall–Kier alpha value is -1.03. The maximum atomic E-state index is 12.8. The highest BCUT2D eigenvalue weighted by atomic mass is 19.1. The Morgan fingerprint density at radius 3 is 2.73 bits per heavy atom. The third-order valence-corrected chi connectivity index (χ3v) is 1.36. The summed E-state index contributed by atoms with van der Waals surface area (Å²) >= 11 is 0. The van der Waals surface area contributed by atoms with Crippen LogP contribution in [0.15, 0.2) is 18.2 Å². The number of rotatable bonds is 2. The Balaban J connectivity index is 3.13. The molecule has 57 valence electrons. The van der Waals surface area contributed by atoms with E-state index in [1.165, 1.54) is 19.2 Å². The zero-order valence-electron chi connectivity index (χ0n) is 6.04. The van der Waals surface area contributed by atoms with E-state index in [0.717, 1.165) is 0 Å². The van der Waals surface area contributed by atoms with Crippen molar-refractivity contribution in [1.29, 1.82) is 0 Å². The zero-order valence-corrected chi connectivity index (χ0v) is 6.04. The van der Waals surface area contributed by atoms with Gasteiger partial charge in [0.15, 0.2) is 0 Å². The van der Waals surface area contributed by atoms with E-state index in [4.69, 9.17) is 9.76 Å². The van der Waals surface area contributed by atoms with Crippen molar-refractivity contribution in [2.45, 2.75) is 0 Å². The molecule has 0 saturated carbocycles. The van der Waals surface area contributed by atoms with Gasteiger partial charge in [-0.3, -0.25) is 0 Å². The number of ether oxygens (including phenoxy) is 1. The predicted octanol–water partition coefficient (Wildman–Crippen LogP) is 0.0711. The lowest BCUT2D eigenvalue weighted by atomic mass is 9.87. The molecule has 0 fully saturated rings. The molecule has 0 aliphatic rings. The van der Waals surface area contributed by atoms with Gasteiger partial charge in [0.05, 0.1) is 7.11 Å². The summed E-state index contributed by atoms with van der Waals surface area (Å²) in [5, 5.41) is 8.59. The summed E-state index contributed by atoms with van der Waals surface area (Å²) in [4.78, 5) is 0. The van der Waals surface area contributed by atoms with Crippen LogP contribution < -0.4 is 10.2 Å². The van der Waals surface area contributed by atoms with Gasteiger partial charge in [0, 0.05) is 5.46 Å². The van der Waals surface area contributed by atoms with Crippen LogP contribution in [0.4, 0.5) is 4.39 Å². The summed E-state index contributed by atoms with van der Waals surface area (Å²) in [6.07, 6.45) is 0. The molecule has 4 heteroatoms. The van der Waals surface area contributed by atoms with Crippen LogP contribution in [0, 0.1) is 5.82 Å². The van der Waals surface area contributed by atoms with E-state index in [2.05, 4.69) is 0 Å². The van der Waals surface area contributed by atoms with Crippen molar-refractivity contribution in [2.75, 3.05) is 7.11 Å². The molecule has 0 unspecified atom stereocenters. The number of benzene rings is 1. The molecular formula is C7H7BFO2. The molecule has 1 aromatic carbocycles. The Kier molecular flexibility index (Phi) is 2.49. The molecule has 1 radical (unpaired) electrons. The normalized spacial score (nSPS) is 9.36. The second-order valence-corrected chi connectivity index (χ2v) is 1.98. The SMILES string of the molecule is COc1cccc(F)c1[B]O. The summed E-state index contributed by atoms with van der Waals surface area (Å²) in [6, 6.07) is 4.34. The van der Waals surface area contributed by atoms with Gasteiger partial charge in [-0.2, -0.15) is 0 Å². The van der Waals surface area contributed by atoms with Crippen molar-refractivity contribution in [2.24, 2.45) is 0 Å². The van der Waals surface area contributed by atoms with Crippen molar-refractivity contribution in [3.8, 4) is 5.75 Å². The minimum absolute atomic E-state index is 0.0787. The van der Waals surface area contributed by atoms with Gasteiger partial charge < -0.3 is 9.76 Å². The smallest absolute Gasteiger partial charge is 0.333 e. The molecule has 0 aliphatic carbocycles. The molecule has 0 amide bonds. The van der Waals surface area contributed by atoms with Crippen LogP contribution in [-0.2, 0) is 0 Å². The Morgan fingerprint density at radius 1 is 1.55 bits per heavy atom. The maximum absolute atomic E-state index is 12.8. The van der Waals surface area contributed by atoms with Gasteiger partial charge in [0.25, 0.3) is 0 Å². The topological polar surface area (TPSA) is 29.5 Å². The summed E-state index contributed by atoms with van der Waals surface area (Å²) in [5.74, 6) is -0.167. The van der Waals surface area contributed by atoms with Crippen LogP contribution in [0.25, 0.3) is 0 Å². The summed E-state index contributed by atoms with van der Waals surface area (Å²) in [5.41, 5.74) is 0.0787. The molecule has 0 bridgehead atoms.